The summed E-state index contributed by atoms with van der Waals surface area (Å²) in [5.74, 6) is -0.534. The van der Waals surface area contributed by atoms with Crippen LogP contribution in [-0.2, 0) is 31.7 Å². The monoisotopic (exact) mass is 515 g/mol. The molecule has 1 aromatic rings. The number of fused-ring (bicyclic) bond motifs is 6. The standard InChI is InChI=1S/C11H16O4.C9H14O2.C5H5NOS.Na/c1-15-9(14)11-5-2-10(3-6-11,4-7-11)8(12)13;10-8(11)9-4-1-7(2-5-9)3-6-9;7-6-4-2-1-3-5(6)8;/h2-7H2,1H3,(H,12,13);7H,1-6H2,(H,10,11);1-4,8H;/q;;;+1/p-1. The van der Waals surface area contributed by atoms with E-state index in [1.54, 1.807) is 18.2 Å². The number of esters is 1. The number of ether oxygens (including phenoxy) is 1. The summed E-state index contributed by atoms with van der Waals surface area (Å²) >= 11 is 4.60. The van der Waals surface area contributed by atoms with Gasteiger partial charge in [-0.05, 0) is 89.0 Å². The molecule has 0 unspecified atom stereocenters. The second-order valence-corrected chi connectivity index (χ2v) is 10.7. The molecule has 0 aromatic carbocycles. The first-order valence-electron chi connectivity index (χ1n) is 12.0. The number of carboxylic acid groups (broad SMARTS) is 2. The van der Waals surface area contributed by atoms with Gasteiger partial charge in [0, 0.05) is 6.07 Å². The van der Waals surface area contributed by atoms with Crippen molar-refractivity contribution in [3.63, 3.8) is 0 Å². The number of carboxylic acids is 2. The molecule has 0 saturated heterocycles. The average Bonchev–Trinajstić information content (AvgIpc) is 2.88. The van der Waals surface area contributed by atoms with Crippen molar-refractivity contribution in [2.75, 3.05) is 7.11 Å². The molecule has 2 N–H and O–H groups in total. The van der Waals surface area contributed by atoms with E-state index in [0.29, 0.717) is 48.3 Å². The zero-order valence-electron chi connectivity index (χ0n) is 20.7. The molecule has 0 aliphatic heterocycles. The Bertz CT molecular complexity index is 858. The average molecular weight is 516 g/mol. The first kappa shape index (κ1) is 29.8. The number of nitrogens with zero attached hydrogens (tertiary/aromatic N) is 1. The maximum absolute atomic E-state index is 11.6. The van der Waals surface area contributed by atoms with E-state index in [2.05, 4.69) is 12.6 Å². The molecule has 188 valence electrons. The van der Waals surface area contributed by atoms with Gasteiger partial charge in [-0.15, -0.1) is 0 Å². The van der Waals surface area contributed by atoms with Crippen LogP contribution in [0.2, 0.25) is 0 Å². The van der Waals surface area contributed by atoms with Crippen molar-refractivity contribution < 1.29 is 63.6 Å². The van der Waals surface area contributed by atoms with Gasteiger partial charge in [-0.2, -0.15) is 4.73 Å². The van der Waals surface area contributed by atoms with E-state index in [1.807, 2.05) is 0 Å². The third-order valence-corrected chi connectivity index (χ3v) is 8.97. The molecule has 6 aliphatic carbocycles. The molecular weight excluding hydrogens is 481 g/mol. The van der Waals surface area contributed by atoms with Gasteiger partial charge in [-0.25, -0.2) is 0 Å². The van der Waals surface area contributed by atoms with Gasteiger partial charge in [-0.1, -0.05) is 6.07 Å². The van der Waals surface area contributed by atoms with Gasteiger partial charge in [0.2, 0.25) is 0 Å². The Morgan fingerprint density at radius 2 is 1.31 bits per heavy atom. The summed E-state index contributed by atoms with van der Waals surface area (Å²) in [6.07, 6.45) is 11.6. The van der Waals surface area contributed by atoms with Crippen LogP contribution in [0.4, 0.5) is 0 Å². The molecule has 0 spiro atoms. The van der Waals surface area contributed by atoms with Gasteiger partial charge in [0.25, 0.3) is 0 Å². The van der Waals surface area contributed by atoms with Crippen LogP contribution in [0.15, 0.2) is 29.4 Å². The summed E-state index contributed by atoms with van der Waals surface area (Å²) in [5, 5.41) is 28.9. The van der Waals surface area contributed by atoms with E-state index in [9.17, 15) is 24.7 Å². The van der Waals surface area contributed by atoms with Crippen molar-refractivity contribution in [3.05, 3.63) is 29.6 Å². The number of carbonyl (C=O) groups is 3. The summed E-state index contributed by atoms with van der Waals surface area (Å²) in [5.41, 5.74) is -1.21. The summed E-state index contributed by atoms with van der Waals surface area (Å²) in [7, 11) is 1.41. The molecule has 35 heavy (non-hydrogen) atoms. The van der Waals surface area contributed by atoms with E-state index in [4.69, 9.17) is 9.84 Å². The number of aliphatic carboxylic acids is 2. The van der Waals surface area contributed by atoms with Crippen molar-refractivity contribution in [1.29, 1.82) is 0 Å². The van der Waals surface area contributed by atoms with Crippen LogP contribution in [0, 0.1) is 27.4 Å². The number of hydrogen-bond donors (Lipinski definition) is 2. The Hall–Kier alpha value is -1.42. The van der Waals surface area contributed by atoms with Crippen molar-refractivity contribution >= 4 is 30.5 Å². The summed E-state index contributed by atoms with van der Waals surface area (Å²) in [6, 6.07) is 4.96. The molecular formula is C25H34NNaO7S. The minimum atomic E-state index is -0.694. The molecule has 7 rings (SSSR count). The van der Waals surface area contributed by atoms with Crippen LogP contribution >= 0.6 is 0 Å². The third kappa shape index (κ3) is 6.48. The van der Waals surface area contributed by atoms with Gasteiger partial charge in [0.15, 0.2) is 6.20 Å². The van der Waals surface area contributed by atoms with E-state index >= 15 is 0 Å². The van der Waals surface area contributed by atoms with Gasteiger partial charge in [0.05, 0.1) is 28.4 Å². The Morgan fingerprint density at radius 1 is 0.886 bits per heavy atom. The fourth-order valence-electron chi connectivity index (χ4n) is 6.01. The molecule has 1 heterocycles. The van der Waals surface area contributed by atoms with E-state index in [-0.39, 0.29) is 46.4 Å². The predicted molar refractivity (Wildman–Crippen MR) is 125 cm³/mol. The molecule has 0 radical (unpaired) electrons. The number of carbonyl (C=O) groups excluding carboxylic acids is 1. The van der Waals surface area contributed by atoms with Crippen molar-refractivity contribution in [2.45, 2.75) is 82.1 Å². The normalized spacial score (nSPS) is 32.0. The molecule has 6 saturated carbocycles. The largest absolute Gasteiger partial charge is 1.00 e. The predicted octanol–water partition coefficient (Wildman–Crippen LogP) is 0.856. The zero-order chi connectivity index (χ0) is 25.0. The maximum atomic E-state index is 11.6. The number of rotatable bonds is 3. The van der Waals surface area contributed by atoms with Gasteiger partial charge < -0.3 is 32.8 Å². The summed E-state index contributed by atoms with van der Waals surface area (Å²) in [4.78, 5) is 33.7. The quantitative estimate of drug-likeness (QED) is 0.199. The Morgan fingerprint density at radius 3 is 1.63 bits per heavy atom. The first-order chi connectivity index (χ1) is 16.1. The smallest absolute Gasteiger partial charge is 0.709 e. The summed E-state index contributed by atoms with van der Waals surface area (Å²) in [6.45, 7) is 0. The zero-order valence-corrected chi connectivity index (χ0v) is 23.5. The van der Waals surface area contributed by atoms with Crippen LogP contribution in [0.3, 0.4) is 0 Å². The van der Waals surface area contributed by atoms with Gasteiger partial charge in [-0.3, -0.25) is 14.4 Å². The Labute approximate surface area is 234 Å². The van der Waals surface area contributed by atoms with Crippen molar-refractivity contribution in [3.8, 4) is 0 Å². The van der Waals surface area contributed by atoms with Crippen LogP contribution in [-0.4, -0.2) is 35.2 Å². The molecule has 6 fully saturated rings. The van der Waals surface area contributed by atoms with Crippen LogP contribution in [0.5, 0.6) is 0 Å². The Balaban J connectivity index is 0.000000192. The fourth-order valence-corrected chi connectivity index (χ4v) is 6.15. The number of hydrogen-bond acceptors (Lipinski definition) is 6. The molecule has 4 bridgehead atoms. The second kappa shape index (κ2) is 12.2. The molecule has 8 nitrogen and oxygen atoms in total. The minimum absolute atomic E-state index is 0. The summed E-state index contributed by atoms with van der Waals surface area (Å²) < 4.78 is 5.46. The van der Waals surface area contributed by atoms with Gasteiger partial charge in [0.1, 0.15) is 0 Å². The molecule has 0 amide bonds. The molecule has 6 aliphatic rings. The molecule has 1 aromatic heterocycles. The molecule has 10 heteroatoms. The van der Waals surface area contributed by atoms with Crippen LogP contribution < -0.4 is 34.3 Å². The van der Waals surface area contributed by atoms with Crippen LogP contribution in [0.1, 0.15) is 77.0 Å². The van der Waals surface area contributed by atoms with Crippen molar-refractivity contribution in [2.24, 2.45) is 22.2 Å². The Kier molecular flexibility index (Phi) is 10.4. The maximum Gasteiger partial charge on any atom is 1.00 e. The third-order valence-electron chi connectivity index (χ3n) is 8.65. The van der Waals surface area contributed by atoms with E-state index < -0.39 is 17.4 Å². The number of pyridine rings is 1. The van der Waals surface area contributed by atoms with Crippen LogP contribution in [0.25, 0.3) is 0 Å². The number of aromatic nitrogens is 1. The van der Waals surface area contributed by atoms with E-state index in [0.717, 1.165) is 44.4 Å². The first-order valence-corrected chi connectivity index (χ1v) is 12.4. The van der Waals surface area contributed by atoms with Crippen molar-refractivity contribution in [1.82, 2.24) is 0 Å². The second-order valence-electron chi connectivity index (χ2n) is 10.3. The minimum Gasteiger partial charge on any atom is -0.709 e. The molecule has 0 atom stereocenters. The number of methoxy groups -OCH3 is 1. The van der Waals surface area contributed by atoms with E-state index in [1.165, 1.54) is 13.3 Å². The SMILES string of the molecule is COC(=O)C12CCC(C(=O)O)(CC1)CC2.O=C(O)C12CCC(CC1)CC2.[Na+].[O-][n+]1ccccc1[S-]. The van der Waals surface area contributed by atoms with Gasteiger partial charge >= 0.3 is 47.5 Å². The fraction of sp³-hybridized carbons (Fsp3) is 0.680. The topological polar surface area (TPSA) is 128 Å².